The number of amides is 1. The van der Waals surface area contributed by atoms with Crippen LogP contribution in [0.2, 0.25) is 0 Å². The van der Waals surface area contributed by atoms with Crippen LogP contribution in [-0.2, 0) is 20.9 Å². The monoisotopic (exact) mass is 265 g/mol. The van der Waals surface area contributed by atoms with Crippen molar-refractivity contribution in [3.63, 3.8) is 0 Å². The van der Waals surface area contributed by atoms with Crippen molar-refractivity contribution in [3.05, 3.63) is 35.4 Å². The first kappa shape index (κ1) is 14.7. The van der Waals surface area contributed by atoms with Gasteiger partial charge in [0.15, 0.2) is 0 Å². The van der Waals surface area contributed by atoms with E-state index in [0.29, 0.717) is 0 Å². The third kappa shape index (κ3) is 5.20. The zero-order chi connectivity index (χ0) is 14.3. The summed E-state index contributed by atoms with van der Waals surface area (Å²) in [5.74, 6) is -2.00. The van der Waals surface area contributed by atoms with Gasteiger partial charge in [-0.15, -0.1) is 0 Å². The van der Waals surface area contributed by atoms with Crippen molar-refractivity contribution >= 4 is 17.8 Å². The summed E-state index contributed by atoms with van der Waals surface area (Å²) in [4.78, 5) is 33.0. The molecule has 0 atom stereocenters. The maximum atomic E-state index is 11.4. The molecule has 0 saturated heterocycles. The number of hydrogen-bond acceptors (Lipinski definition) is 4. The van der Waals surface area contributed by atoms with Crippen LogP contribution in [0.5, 0.6) is 0 Å². The molecule has 0 aliphatic heterocycles. The van der Waals surface area contributed by atoms with Gasteiger partial charge in [0.05, 0.1) is 12.2 Å². The Kier molecular flexibility index (Phi) is 5.53. The van der Waals surface area contributed by atoms with E-state index in [2.05, 4.69) is 10.1 Å². The molecule has 0 fully saturated rings. The van der Waals surface area contributed by atoms with Crippen molar-refractivity contribution in [1.29, 1.82) is 0 Å². The average molecular weight is 265 g/mol. The minimum absolute atomic E-state index is 0.182. The van der Waals surface area contributed by atoms with E-state index < -0.39 is 17.8 Å². The number of rotatable bonds is 6. The van der Waals surface area contributed by atoms with E-state index >= 15 is 0 Å². The van der Waals surface area contributed by atoms with Gasteiger partial charge in [-0.25, -0.2) is 4.79 Å². The van der Waals surface area contributed by atoms with Crippen LogP contribution in [0.25, 0.3) is 0 Å². The van der Waals surface area contributed by atoms with E-state index in [4.69, 9.17) is 5.11 Å². The van der Waals surface area contributed by atoms with Gasteiger partial charge in [-0.2, -0.15) is 0 Å². The Bertz CT molecular complexity index is 466. The summed E-state index contributed by atoms with van der Waals surface area (Å²) in [6, 6.07) is 6.12. The lowest BCUT2D eigenvalue weighted by Gasteiger charge is -2.05. The summed E-state index contributed by atoms with van der Waals surface area (Å²) in [7, 11) is 0. The van der Waals surface area contributed by atoms with Crippen molar-refractivity contribution in [2.75, 3.05) is 6.61 Å². The topological polar surface area (TPSA) is 92.7 Å². The van der Waals surface area contributed by atoms with Gasteiger partial charge < -0.3 is 15.2 Å². The Morgan fingerprint density at radius 2 is 1.84 bits per heavy atom. The van der Waals surface area contributed by atoms with E-state index in [1.807, 2.05) is 0 Å². The molecule has 0 aliphatic carbocycles. The zero-order valence-corrected chi connectivity index (χ0v) is 10.5. The first-order chi connectivity index (χ1) is 9.02. The van der Waals surface area contributed by atoms with Crippen LogP contribution in [-0.4, -0.2) is 29.6 Å². The maximum absolute atomic E-state index is 11.4. The predicted octanol–water partition coefficient (Wildman–Crippen LogP) is 0.954. The molecule has 2 N–H and O–H groups in total. The first-order valence-corrected chi connectivity index (χ1v) is 5.77. The van der Waals surface area contributed by atoms with Gasteiger partial charge in [0.2, 0.25) is 5.91 Å². The standard InChI is InChI=1S/C13H15NO5/c1-2-19-12(16)7-11(15)14-8-9-3-5-10(6-4-9)13(17)18/h3-6H,2,7-8H2,1H3,(H,14,15)(H,17,18). The van der Waals surface area contributed by atoms with Gasteiger partial charge in [-0.05, 0) is 24.6 Å². The lowest BCUT2D eigenvalue weighted by Crippen LogP contribution is -2.26. The van der Waals surface area contributed by atoms with Crippen LogP contribution in [0.3, 0.4) is 0 Å². The summed E-state index contributed by atoms with van der Waals surface area (Å²) < 4.78 is 4.64. The Labute approximate surface area is 110 Å². The minimum atomic E-state index is -1.00. The average Bonchev–Trinajstić information content (AvgIpc) is 2.37. The lowest BCUT2D eigenvalue weighted by atomic mass is 10.1. The Morgan fingerprint density at radius 3 is 2.37 bits per heavy atom. The summed E-state index contributed by atoms with van der Waals surface area (Å²) in [6.45, 7) is 2.14. The lowest BCUT2D eigenvalue weighted by molar-refractivity contribution is -0.146. The number of carboxylic acids is 1. The highest BCUT2D eigenvalue weighted by Crippen LogP contribution is 2.04. The third-order valence-corrected chi connectivity index (χ3v) is 2.30. The summed E-state index contributed by atoms with van der Waals surface area (Å²) >= 11 is 0. The van der Waals surface area contributed by atoms with Crippen LogP contribution in [0.4, 0.5) is 0 Å². The van der Waals surface area contributed by atoms with Crippen molar-refractivity contribution in [2.24, 2.45) is 0 Å². The highest BCUT2D eigenvalue weighted by molar-refractivity contribution is 5.94. The van der Waals surface area contributed by atoms with Gasteiger partial charge in [-0.3, -0.25) is 9.59 Å². The number of nitrogens with one attached hydrogen (secondary N) is 1. The van der Waals surface area contributed by atoms with Crippen molar-refractivity contribution in [3.8, 4) is 0 Å². The minimum Gasteiger partial charge on any atom is -0.478 e. The normalized spacial score (nSPS) is 9.74. The van der Waals surface area contributed by atoms with E-state index in [1.54, 1.807) is 19.1 Å². The number of ether oxygens (including phenoxy) is 1. The molecule has 19 heavy (non-hydrogen) atoms. The number of aromatic carboxylic acids is 1. The number of hydrogen-bond donors (Lipinski definition) is 2. The molecule has 0 spiro atoms. The predicted molar refractivity (Wildman–Crippen MR) is 66.5 cm³/mol. The second-order valence-corrected chi connectivity index (χ2v) is 3.76. The first-order valence-electron chi connectivity index (χ1n) is 5.77. The molecular weight excluding hydrogens is 250 g/mol. The van der Waals surface area contributed by atoms with Gasteiger partial charge in [-0.1, -0.05) is 12.1 Å². The van der Waals surface area contributed by atoms with Crippen molar-refractivity contribution in [2.45, 2.75) is 19.9 Å². The largest absolute Gasteiger partial charge is 0.478 e. The van der Waals surface area contributed by atoms with Gasteiger partial charge in [0.25, 0.3) is 0 Å². The van der Waals surface area contributed by atoms with Crippen LogP contribution >= 0.6 is 0 Å². The molecule has 6 nitrogen and oxygen atoms in total. The molecule has 0 aliphatic rings. The fourth-order valence-corrected chi connectivity index (χ4v) is 1.37. The molecule has 1 rings (SSSR count). The Hall–Kier alpha value is -2.37. The Balaban J connectivity index is 2.42. The molecular formula is C13H15NO5. The van der Waals surface area contributed by atoms with Gasteiger partial charge in [0.1, 0.15) is 6.42 Å². The molecule has 0 saturated carbocycles. The van der Waals surface area contributed by atoms with Crippen LogP contribution in [0.1, 0.15) is 29.3 Å². The molecule has 1 aromatic rings. The molecule has 6 heteroatoms. The fourth-order valence-electron chi connectivity index (χ4n) is 1.37. The van der Waals surface area contributed by atoms with Crippen molar-refractivity contribution in [1.82, 2.24) is 5.32 Å². The second kappa shape index (κ2) is 7.15. The molecule has 0 bridgehead atoms. The quantitative estimate of drug-likeness (QED) is 0.590. The zero-order valence-electron chi connectivity index (χ0n) is 10.5. The van der Waals surface area contributed by atoms with E-state index in [-0.39, 0.29) is 25.1 Å². The summed E-state index contributed by atoms with van der Waals surface area (Å²) in [5, 5.41) is 11.3. The number of carbonyl (C=O) groups is 3. The molecule has 1 aromatic carbocycles. The number of carboxylic acid groups (broad SMARTS) is 1. The van der Waals surface area contributed by atoms with Crippen LogP contribution in [0, 0.1) is 0 Å². The van der Waals surface area contributed by atoms with Crippen LogP contribution in [0.15, 0.2) is 24.3 Å². The van der Waals surface area contributed by atoms with Crippen molar-refractivity contribution < 1.29 is 24.2 Å². The van der Waals surface area contributed by atoms with E-state index in [0.717, 1.165) is 5.56 Å². The number of benzene rings is 1. The highest BCUT2D eigenvalue weighted by atomic mass is 16.5. The second-order valence-electron chi connectivity index (χ2n) is 3.76. The van der Waals surface area contributed by atoms with Gasteiger partial charge in [0, 0.05) is 6.54 Å². The molecule has 0 aromatic heterocycles. The Morgan fingerprint density at radius 1 is 1.21 bits per heavy atom. The molecule has 0 radical (unpaired) electrons. The highest BCUT2D eigenvalue weighted by Gasteiger charge is 2.09. The summed E-state index contributed by atoms with van der Waals surface area (Å²) in [5.41, 5.74) is 0.934. The number of esters is 1. The number of carbonyl (C=O) groups excluding carboxylic acids is 2. The van der Waals surface area contributed by atoms with Gasteiger partial charge >= 0.3 is 11.9 Å². The summed E-state index contributed by atoms with van der Waals surface area (Å²) in [6.07, 6.45) is -0.318. The van der Waals surface area contributed by atoms with E-state index in [9.17, 15) is 14.4 Å². The van der Waals surface area contributed by atoms with E-state index in [1.165, 1.54) is 12.1 Å². The molecule has 0 unspecified atom stereocenters. The van der Waals surface area contributed by atoms with Crippen LogP contribution < -0.4 is 5.32 Å². The maximum Gasteiger partial charge on any atom is 0.335 e. The third-order valence-electron chi connectivity index (χ3n) is 2.30. The molecule has 1 amide bonds. The molecule has 0 heterocycles. The molecule has 102 valence electrons. The fraction of sp³-hybridized carbons (Fsp3) is 0.308. The SMILES string of the molecule is CCOC(=O)CC(=O)NCc1ccc(C(=O)O)cc1. The smallest absolute Gasteiger partial charge is 0.335 e.